The van der Waals surface area contributed by atoms with E-state index in [0.29, 0.717) is 35.8 Å². The second-order valence-electron chi connectivity index (χ2n) is 5.50. The number of amides is 2. The van der Waals surface area contributed by atoms with Gasteiger partial charge in [0.25, 0.3) is 5.91 Å². The number of rotatable bonds is 5. The molecule has 1 aliphatic rings. The van der Waals surface area contributed by atoms with Gasteiger partial charge in [-0.3, -0.25) is 19.7 Å². The summed E-state index contributed by atoms with van der Waals surface area (Å²) in [6, 6.07) is 5.17. The summed E-state index contributed by atoms with van der Waals surface area (Å²) in [5.41, 5.74) is 2.75. The lowest BCUT2D eigenvalue weighted by Crippen LogP contribution is -2.20. The molecule has 1 aromatic heterocycles. The van der Waals surface area contributed by atoms with Crippen LogP contribution in [0.2, 0.25) is 0 Å². The van der Waals surface area contributed by atoms with Crippen LogP contribution in [0.25, 0.3) is 0 Å². The predicted octanol–water partition coefficient (Wildman–Crippen LogP) is 2.39. The highest BCUT2D eigenvalue weighted by Gasteiger charge is 2.17. The highest BCUT2D eigenvalue weighted by molar-refractivity contribution is 7.14. The summed E-state index contributed by atoms with van der Waals surface area (Å²) in [4.78, 5) is 39.4. The molecule has 0 saturated heterocycles. The van der Waals surface area contributed by atoms with Gasteiger partial charge in [-0.15, -0.1) is 11.3 Å². The van der Waals surface area contributed by atoms with E-state index in [4.69, 9.17) is 4.74 Å². The third kappa shape index (κ3) is 4.21. The van der Waals surface area contributed by atoms with Gasteiger partial charge in [-0.2, -0.15) is 0 Å². The monoisotopic (exact) mass is 359 g/mol. The van der Waals surface area contributed by atoms with E-state index in [2.05, 4.69) is 15.6 Å². The lowest BCUT2D eigenvalue weighted by molar-refractivity contribution is -0.142. The number of benzene rings is 1. The number of carbonyl (C=O) groups is 3. The number of fused-ring (bicyclic) bond motifs is 1. The van der Waals surface area contributed by atoms with Crippen molar-refractivity contribution in [1.82, 2.24) is 4.98 Å². The predicted molar refractivity (Wildman–Crippen MR) is 93.8 cm³/mol. The fourth-order valence-corrected chi connectivity index (χ4v) is 3.20. The summed E-state index contributed by atoms with van der Waals surface area (Å²) in [5.74, 6) is -0.638. The molecule has 2 aromatic rings. The van der Waals surface area contributed by atoms with Crippen LogP contribution in [0.15, 0.2) is 23.6 Å². The molecule has 0 spiro atoms. The fourth-order valence-electron chi connectivity index (χ4n) is 2.50. The largest absolute Gasteiger partial charge is 0.466 e. The molecule has 7 nitrogen and oxygen atoms in total. The van der Waals surface area contributed by atoms with E-state index in [1.807, 2.05) is 0 Å². The molecule has 2 N–H and O–H groups in total. The number of esters is 1. The Balaban J connectivity index is 1.65. The zero-order valence-electron chi connectivity index (χ0n) is 13.6. The molecule has 130 valence electrons. The molecule has 0 radical (unpaired) electrons. The van der Waals surface area contributed by atoms with E-state index in [1.165, 1.54) is 11.3 Å². The van der Waals surface area contributed by atoms with Crippen LogP contribution in [-0.4, -0.2) is 29.4 Å². The van der Waals surface area contributed by atoms with E-state index in [-0.39, 0.29) is 24.2 Å². The van der Waals surface area contributed by atoms with Gasteiger partial charge in [0.1, 0.15) is 0 Å². The summed E-state index contributed by atoms with van der Waals surface area (Å²) in [7, 11) is 0. The van der Waals surface area contributed by atoms with Crippen molar-refractivity contribution in [2.24, 2.45) is 0 Å². The molecule has 8 heteroatoms. The average molecular weight is 359 g/mol. The van der Waals surface area contributed by atoms with E-state index in [0.717, 1.165) is 11.3 Å². The standard InChI is InChI=1S/C17H17N3O4S/c1-2-24-15(22)8-12-9-25-17(18-12)20-16(23)11-3-5-13-10(7-11)4-6-14(21)19-13/h3,5,7,9H,2,4,6,8H2,1H3,(H,19,21)(H,18,20,23). The minimum Gasteiger partial charge on any atom is -0.466 e. The molecule has 0 saturated carbocycles. The van der Waals surface area contributed by atoms with Gasteiger partial charge < -0.3 is 10.1 Å². The number of ether oxygens (including phenoxy) is 1. The van der Waals surface area contributed by atoms with Gasteiger partial charge in [-0.25, -0.2) is 4.98 Å². The van der Waals surface area contributed by atoms with Crippen molar-refractivity contribution in [2.75, 3.05) is 17.2 Å². The molecule has 0 unspecified atom stereocenters. The number of aromatic nitrogens is 1. The number of nitrogens with one attached hydrogen (secondary N) is 2. The lowest BCUT2D eigenvalue weighted by Gasteiger charge is -2.17. The molecule has 0 fully saturated rings. The maximum atomic E-state index is 12.4. The number of hydrogen-bond donors (Lipinski definition) is 2. The molecule has 2 heterocycles. The second kappa shape index (κ2) is 7.43. The lowest BCUT2D eigenvalue weighted by atomic mass is 10.0. The van der Waals surface area contributed by atoms with Crippen molar-refractivity contribution in [2.45, 2.75) is 26.2 Å². The van der Waals surface area contributed by atoms with Gasteiger partial charge in [0.15, 0.2) is 5.13 Å². The smallest absolute Gasteiger partial charge is 0.311 e. The van der Waals surface area contributed by atoms with Crippen molar-refractivity contribution >= 4 is 39.9 Å². The van der Waals surface area contributed by atoms with Gasteiger partial charge in [0, 0.05) is 23.1 Å². The van der Waals surface area contributed by atoms with E-state index in [9.17, 15) is 14.4 Å². The van der Waals surface area contributed by atoms with Gasteiger partial charge in [-0.05, 0) is 37.1 Å². The molecular weight excluding hydrogens is 342 g/mol. The minimum atomic E-state index is -0.345. The Morgan fingerprint density at radius 1 is 1.36 bits per heavy atom. The number of nitrogens with zero attached hydrogens (tertiary/aromatic N) is 1. The zero-order valence-corrected chi connectivity index (χ0v) is 14.4. The number of aryl methyl sites for hydroxylation is 1. The Labute approximate surface area is 148 Å². The molecular formula is C17H17N3O4S. The fraction of sp³-hybridized carbons (Fsp3) is 0.294. The molecule has 3 rings (SSSR count). The first-order chi connectivity index (χ1) is 12.0. The summed E-state index contributed by atoms with van der Waals surface area (Å²) in [6.07, 6.45) is 1.11. The molecule has 25 heavy (non-hydrogen) atoms. The van der Waals surface area contributed by atoms with E-state index in [1.54, 1.807) is 30.5 Å². The summed E-state index contributed by atoms with van der Waals surface area (Å²) in [6.45, 7) is 2.07. The summed E-state index contributed by atoms with van der Waals surface area (Å²) in [5, 5.41) is 7.65. The zero-order chi connectivity index (χ0) is 17.8. The topological polar surface area (TPSA) is 97.4 Å². The molecule has 0 bridgehead atoms. The minimum absolute atomic E-state index is 0.0124. The number of thiazole rings is 1. The van der Waals surface area contributed by atoms with Crippen LogP contribution in [0.4, 0.5) is 10.8 Å². The first kappa shape index (κ1) is 17.1. The second-order valence-corrected chi connectivity index (χ2v) is 6.36. The number of carbonyl (C=O) groups excluding carboxylic acids is 3. The molecule has 0 atom stereocenters. The first-order valence-electron chi connectivity index (χ1n) is 7.89. The highest BCUT2D eigenvalue weighted by atomic mass is 32.1. The van der Waals surface area contributed by atoms with Crippen molar-refractivity contribution < 1.29 is 19.1 Å². The van der Waals surface area contributed by atoms with Crippen molar-refractivity contribution in [3.63, 3.8) is 0 Å². The van der Waals surface area contributed by atoms with Crippen molar-refractivity contribution in [3.05, 3.63) is 40.4 Å². The average Bonchev–Trinajstić information content (AvgIpc) is 3.01. The van der Waals surface area contributed by atoms with Crippen LogP contribution in [-0.2, 0) is 27.2 Å². The first-order valence-corrected chi connectivity index (χ1v) is 8.77. The number of hydrogen-bond acceptors (Lipinski definition) is 6. The van der Waals surface area contributed by atoms with Gasteiger partial charge in [0.2, 0.25) is 5.91 Å². The van der Waals surface area contributed by atoms with Gasteiger partial charge >= 0.3 is 5.97 Å². The van der Waals surface area contributed by atoms with E-state index < -0.39 is 0 Å². The van der Waals surface area contributed by atoms with Crippen LogP contribution in [0, 0.1) is 0 Å². The van der Waals surface area contributed by atoms with Crippen LogP contribution in [0.3, 0.4) is 0 Å². The van der Waals surface area contributed by atoms with Crippen LogP contribution < -0.4 is 10.6 Å². The molecule has 0 aliphatic carbocycles. The molecule has 1 aromatic carbocycles. The van der Waals surface area contributed by atoms with E-state index >= 15 is 0 Å². The Hall–Kier alpha value is -2.74. The third-order valence-corrected chi connectivity index (χ3v) is 4.47. The van der Waals surface area contributed by atoms with Crippen LogP contribution in [0.5, 0.6) is 0 Å². The SMILES string of the molecule is CCOC(=O)Cc1csc(NC(=O)c2ccc3c(c2)CCC(=O)N3)n1. The van der Waals surface area contributed by atoms with Gasteiger partial charge in [0.05, 0.1) is 18.7 Å². The van der Waals surface area contributed by atoms with Crippen molar-refractivity contribution in [3.8, 4) is 0 Å². The molecule has 1 aliphatic heterocycles. The maximum Gasteiger partial charge on any atom is 0.311 e. The van der Waals surface area contributed by atoms with Crippen LogP contribution in [0.1, 0.15) is 35.0 Å². The Morgan fingerprint density at radius 2 is 2.20 bits per heavy atom. The van der Waals surface area contributed by atoms with Crippen molar-refractivity contribution in [1.29, 1.82) is 0 Å². The number of anilines is 2. The quantitative estimate of drug-likeness (QED) is 0.799. The Bertz CT molecular complexity index is 831. The highest BCUT2D eigenvalue weighted by Crippen LogP contribution is 2.24. The Kier molecular flexibility index (Phi) is 5.08. The summed E-state index contributed by atoms with van der Waals surface area (Å²) >= 11 is 1.25. The molecule has 2 amide bonds. The van der Waals surface area contributed by atoms with Crippen LogP contribution >= 0.6 is 11.3 Å². The maximum absolute atomic E-state index is 12.4. The Morgan fingerprint density at radius 3 is 3.00 bits per heavy atom. The third-order valence-electron chi connectivity index (χ3n) is 3.67. The normalized spacial score (nSPS) is 12.9. The summed E-state index contributed by atoms with van der Waals surface area (Å²) < 4.78 is 4.87. The van der Waals surface area contributed by atoms with Gasteiger partial charge in [-0.1, -0.05) is 0 Å².